The summed E-state index contributed by atoms with van der Waals surface area (Å²) < 4.78 is 2.15. The minimum atomic E-state index is -1.26. The molecule has 1 aromatic carbocycles. The Morgan fingerprint density at radius 2 is 1.73 bits per heavy atom. The van der Waals surface area contributed by atoms with Crippen molar-refractivity contribution >= 4 is 11.9 Å². The number of aromatic nitrogens is 2. The van der Waals surface area contributed by atoms with Crippen molar-refractivity contribution in [2.75, 3.05) is 14.1 Å². The maximum Gasteiger partial charge on any atom is 0.328 e. The van der Waals surface area contributed by atoms with Crippen LogP contribution in [0.3, 0.4) is 0 Å². The van der Waals surface area contributed by atoms with E-state index in [0.29, 0.717) is 12.2 Å². The average Bonchev–Trinajstić information content (AvgIpc) is 3.12. The Hall–Kier alpha value is -2.93. The Kier molecular flexibility index (Phi) is 8.24. The summed E-state index contributed by atoms with van der Waals surface area (Å²) in [4.78, 5) is 25.6. The van der Waals surface area contributed by atoms with Crippen LogP contribution in [-0.4, -0.2) is 50.7 Å². The number of nitrogens with zero attached hydrogens (tertiary/aromatic N) is 3. The van der Waals surface area contributed by atoms with Crippen LogP contribution in [0.2, 0.25) is 0 Å². The number of carbonyl (C=O) groups is 2. The van der Waals surface area contributed by atoms with Gasteiger partial charge in [0.2, 0.25) is 0 Å². The van der Waals surface area contributed by atoms with Crippen LogP contribution in [0.25, 0.3) is 0 Å². The molecule has 0 saturated heterocycles. The van der Waals surface area contributed by atoms with Gasteiger partial charge in [-0.1, -0.05) is 37.3 Å². The minimum absolute atomic E-state index is 0.0158. The van der Waals surface area contributed by atoms with Crippen LogP contribution in [0.4, 0.5) is 0 Å². The molecule has 140 valence electrons. The fraction of sp³-hybridized carbons (Fsp3) is 0.316. The molecule has 2 aromatic rings. The second-order valence-corrected chi connectivity index (χ2v) is 5.89. The number of likely N-dealkylation sites (N-methyl/N-ethyl adjacent to an activating group) is 1. The van der Waals surface area contributed by atoms with Gasteiger partial charge in [-0.3, -0.25) is 4.90 Å². The van der Waals surface area contributed by atoms with Gasteiger partial charge in [-0.05, 0) is 26.1 Å². The lowest BCUT2D eigenvalue weighted by Crippen LogP contribution is -2.44. The van der Waals surface area contributed by atoms with Crippen molar-refractivity contribution in [1.82, 2.24) is 14.5 Å². The molecule has 0 bridgehead atoms. The highest BCUT2D eigenvalue weighted by molar-refractivity contribution is 5.89. The van der Waals surface area contributed by atoms with E-state index in [9.17, 15) is 9.59 Å². The van der Waals surface area contributed by atoms with Crippen molar-refractivity contribution in [3.05, 3.63) is 66.8 Å². The van der Waals surface area contributed by atoms with Gasteiger partial charge in [-0.15, -0.1) is 0 Å². The number of rotatable bonds is 7. The number of benzene rings is 1. The smallest absolute Gasteiger partial charge is 0.328 e. The van der Waals surface area contributed by atoms with E-state index in [1.165, 1.54) is 5.56 Å². The lowest BCUT2D eigenvalue weighted by Gasteiger charge is -2.40. The highest BCUT2D eigenvalue weighted by atomic mass is 16.4. The molecule has 0 saturated carbocycles. The molecule has 2 N–H and O–H groups in total. The third kappa shape index (κ3) is 6.18. The molecule has 7 nitrogen and oxygen atoms in total. The van der Waals surface area contributed by atoms with Crippen LogP contribution >= 0.6 is 0 Å². The zero-order chi connectivity index (χ0) is 19.6. The minimum Gasteiger partial charge on any atom is -0.478 e. The number of hydrogen-bond acceptors (Lipinski definition) is 4. The van der Waals surface area contributed by atoms with E-state index in [4.69, 9.17) is 10.2 Å². The Labute approximate surface area is 153 Å². The van der Waals surface area contributed by atoms with Crippen molar-refractivity contribution in [3.63, 3.8) is 0 Å². The molecule has 7 heteroatoms. The average molecular weight is 359 g/mol. The maximum absolute atomic E-state index is 9.55. The highest BCUT2D eigenvalue weighted by Crippen LogP contribution is 2.32. The Morgan fingerprint density at radius 1 is 1.15 bits per heavy atom. The summed E-state index contributed by atoms with van der Waals surface area (Å²) in [5, 5.41) is 15.6. The van der Waals surface area contributed by atoms with Gasteiger partial charge in [0.25, 0.3) is 0 Å². The van der Waals surface area contributed by atoms with Gasteiger partial charge in [0.1, 0.15) is 0 Å². The lowest BCUT2D eigenvalue weighted by atomic mass is 9.85. The van der Waals surface area contributed by atoms with E-state index in [2.05, 4.69) is 65.8 Å². The van der Waals surface area contributed by atoms with Crippen molar-refractivity contribution < 1.29 is 19.8 Å². The standard InChI is InChI=1S/C15H21N3.C4H4O4/c1-4-15(17(2)3,12-18-11-10-16-13-18)14-8-6-5-7-9-14;5-3(6)1-2-4(7)8/h5-11,13H,4,12H2,1-3H3;1-2H,(H,5,6)(H,7,8)/b;2-1-. The highest BCUT2D eigenvalue weighted by Gasteiger charge is 2.32. The predicted octanol–water partition coefficient (Wildman–Crippen LogP) is 2.46. The van der Waals surface area contributed by atoms with E-state index in [-0.39, 0.29) is 5.54 Å². The van der Waals surface area contributed by atoms with Crippen LogP contribution in [0.5, 0.6) is 0 Å². The molecule has 0 amide bonds. The summed E-state index contributed by atoms with van der Waals surface area (Å²) in [7, 11) is 4.29. The molecule has 2 rings (SSSR count). The molecular weight excluding hydrogens is 334 g/mol. The molecule has 1 unspecified atom stereocenters. The Morgan fingerprint density at radius 3 is 2.12 bits per heavy atom. The van der Waals surface area contributed by atoms with Gasteiger partial charge >= 0.3 is 11.9 Å². The molecule has 0 spiro atoms. The Bertz CT molecular complexity index is 696. The molecular formula is C19H25N3O4. The summed E-state index contributed by atoms with van der Waals surface area (Å²) in [5.41, 5.74) is 1.37. The quantitative estimate of drug-likeness (QED) is 0.737. The number of aliphatic carboxylic acids is 2. The summed E-state index contributed by atoms with van der Waals surface area (Å²) in [6.07, 6.45) is 7.92. The monoisotopic (exact) mass is 359 g/mol. The second-order valence-electron chi connectivity index (χ2n) is 5.89. The van der Waals surface area contributed by atoms with Crippen LogP contribution in [0.1, 0.15) is 18.9 Å². The number of carboxylic acids is 2. The first kappa shape index (κ1) is 21.1. The van der Waals surface area contributed by atoms with Gasteiger partial charge in [0.15, 0.2) is 0 Å². The fourth-order valence-corrected chi connectivity index (χ4v) is 2.70. The third-order valence-electron chi connectivity index (χ3n) is 4.12. The lowest BCUT2D eigenvalue weighted by molar-refractivity contribution is -0.134. The van der Waals surface area contributed by atoms with Crippen LogP contribution < -0.4 is 0 Å². The Balaban J connectivity index is 0.000000359. The molecule has 1 heterocycles. The molecule has 0 aliphatic carbocycles. The zero-order valence-electron chi connectivity index (χ0n) is 15.2. The number of imidazole rings is 1. The van der Waals surface area contributed by atoms with Crippen molar-refractivity contribution in [3.8, 4) is 0 Å². The van der Waals surface area contributed by atoms with Gasteiger partial charge in [0.05, 0.1) is 11.9 Å². The van der Waals surface area contributed by atoms with Crippen LogP contribution in [-0.2, 0) is 21.7 Å². The topological polar surface area (TPSA) is 95.7 Å². The summed E-state index contributed by atoms with van der Waals surface area (Å²) >= 11 is 0. The molecule has 0 radical (unpaired) electrons. The normalized spacial score (nSPS) is 13.1. The third-order valence-corrected chi connectivity index (χ3v) is 4.12. The molecule has 26 heavy (non-hydrogen) atoms. The first-order chi connectivity index (χ1) is 12.3. The fourth-order valence-electron chi connectivity index (χ4n) is 2.70. The predicted molar refractivity (Wildman–Crippen MR) is 98.7 cm³/mol. The van der Waals surface area contributed by atoms with Gasteiger partial charge < -0.3 is 14.8 Å². The van der Waals surface area contributed by atoms with E-state index in [1.807, 2.05) is 18.7 Å². The first-order valence-corrected chi connectivity index (χ1v) is 8.14. The van der Waals surface area contributed by atoms with Crippen molar-refractivity contribution in [1.29, 1.82) is 0 Å². The number of hydrogen-bond donors (Lipinski definition) is 2. The molecule has 0 aliphatic rings. The summed E-state index contributed by atoms with van der Waals surface area (Å²) in [6.45, 7) is 3.16. The largest absolute Gasteiger partial charge is 0.478 e. The van der Waals surface area contributed by atoms with Crippen molar-refractivity contribution in [2.24, 2.45) is 0 Å². The molecule has 1 atom stereocenters. The maximum atomic E-state index is 9.55. The molecule has 1 aromatic heterocycles. The summed E-state index contributed by atoms with van der Waals surface area (Å²) in [6, 6.07) is 10.7. The molecule has 0 aliphatic heterocycles. The zero-order valence-corrected chi connectivity index (χ0v) is 15.2. The van der Waals surface area contributed by atoms with Crippen molar-refractivity contribution in [2.45, 2.75) is 25.4 Å². The van der Waals surface area contributed by atoms with E-state index < -0.39 is 11.9 Å². The van der Waals surface area contributed by atoms with Gasteiger partial charge in [0, 0.05) is 31.1 Å². The van der Waals surface area contributed by atoms with E-state index in [1.54, 1.807) is 0 Å². The molecule has 0 fully saturated rings. The van der Waals surface area contributed by atoms with E-state index >= 15 is 0 Å². The second kappa shape index (κ2) is 10.1. The summed E-state index contributed by atoms with van der Waals surface area (Å²) in [5.74, 6) is -2.51. The van der Waals surface area contributed by atoms with Gasteiger partial charge in [-0.2, -0.15) is 0 Å². The SMILES string of the molecule is CCC(Cn1ccnc1)(c1ccccc1)N(C)C.O=C(O)/C=C\C(=O)O. The van der Waals surface area contributed by atoms with Crippen LogP contribution in [0, 0.1) is 0 Å². The first-order valence-electron chi connectivity index (χ1n) is 8.14. The number of carboxylic acid groups (broad SMARTS) is 2. The van der Waals surface area contributed by atoms with Gasteiger partial charge in [-0.25, -0.2) is 14.6 Å². The van der Waals surface area contributed by atoms with E-state index in [0.717, 1.165) is 13.0 Å². The van der Waals surface area contributed by atoms with Crippen LogP contribution in [0.15, 0.2) is 61.2 Å².